The Balaban J connectivity index is -0.000000247. The van der Waals surface area contributed by atoms with Gasteiger partial charge in [0.05, 0.1) is 0 Å². The third-order valence-electron chi connectivity index (χ3n) is 1.66. The fourth-order valence-electron chi connectivity index (χ4n) is 1.13. The lowest BCUT2D eigenvalue weighted by molar-refractivity contribution is -0.134. The smallest absolute Gasteiger partial charge is 0.300 e. The molecule has 0 unspecified atom stereocenters. The summed E-state index contributed by atoms with van der Waals surface area (Å²) < 4.78 is 0. The minimum Gasteiger partial charge on any atom is -0.481 e. The monoisotopic (exact) mass is 278 g/mol. The van der Waals surface area contributed by atoms with E-state index in [4.69, 9.17) is 9.90 Å². The molecule has 0 spiro atoms. The van der Waals surface area contributed by atoms with E-state index in [1.54, 1.807) is 0 Å². The summed E-state index contributed by atoms with van der Waals surface area (Å²) in [7, 11) is 0. The highest BCUT2D eigenvalue weighted by molar-refractivity contribution is 5.81. The maximum atomic E-state index is 9.00. The highest BCUT2D eigenvalue weighted by Gasteiger charge is 1.85. The van der Waals surface area contributed by atoms with Gasteiger partial charge >= 0.3 is 0 Å². The predicted molar refractivity (Wildman–Crippen MR) is 91.3 cm³/mol. The summed E-state index contributed by atoms with van der Waals surface area (Å²) in [4.78, 5) is 9.00. The van der Waals surface area contributed by atoms with Gasteiger partial charge in [0.15, 0.2) is 0 Å². The van der Waals surface area contributed by atoms with Crippen LogP contribution in [0.15, 0.2) is 48.5 Å². The number of rotatable bonds is 0. The third-order valence-corrected chi connectivity index (χ3v) is 1.66. The van der Waals surface area contributed by atoms with Gasteiger partial charge in [-0.2, -0.15) is 0 Å². The molecule has 2 heteroatoms. The van der Waals surface area contributed by atoms with Crippen LogP contribution in [0.2, 0.25) is 0 Å². The van der Waals surface area contributed by atoms with Crippen LogP contribution in [0.25, 0.3) is 10.8 Å². The summed E-state index contributed by atoms with van der Waals surface area (Å²) >= 11 is 0. The molecule has 0 atom stereocenters. The highest BCUT2D eigenvalue weighted by Crippen LogP contribution is 2.11. The molecule has 2 aromatic carbocycles. The van der Waals surface area contributed by atoms with Crippen molar-refractivity contribution in [3.63, 3.8) is 0 Å². The molecular weight excluding hydrogens is 248 g/mol. The normalized spacial score (nSPS) is 7.15. The standard InChI is InChI=1S/C10H8.C2H4O2.3C2H6/c1-2-6-10-8-4-3-7-9(10)5-1;1-2(3)4;3*1-2/h1-8H;1H3,(H,3,4);3*1-2H3. The Hall–Kier alpha value is -1.83. The number of hydrogen-bond donors (Lipinski definition) is 1. The van der Waals surface area contributed by atoms with Gasteiger partial charge in [0.25, 0.3) is 5.97 Å². The molecule has 0 heterocycles. The lowest BCUT2D eigenvalue weighted by Crippen LogP contribution is -1.78. The summed E-state index contributed by atoms with van der Waals surface area (Å²) in [6.07, 6.45) is 0. The topological polar surface area (TPSA) is 37.3 Å². The van der Waals surface area contributed by atoms with E-state index in [-0.39, 0.29) is 0 Å². The quantitative estimate of drug-likeness (QED) is 0.640. The molecule has 2 aromatic rings. The van der Waals surface area contributed by atoms with E-state index in [1.165, 1.54) is 10.8 Å². The molecule has 0 saturated carbocycles. The lowest BCUT2D eigenvalue weighted by Gasteiger charge is -1.92. The summed E-state index contributed by atoms with van der Waals surface area (Å²) in [6, 6.07) is 16.7. The zero-order valence-electron chi connectivity index (χ0n) is 14.0. The van der Waals surface area contributed by atoms with E-state index in [1.807, 2.05) is 41.5 Å². The van der Waals surface area contributed by atoms with E-state index >= 15 is 0 Å². The first-order chi connectivity index (χ1) is 9.70. The lowest BCUT2D eigenvalue weighted by atomic mass is 10.1. The Kier molecular flexibility index (Phi) is 22.7. The Morgan fingerprint density at radius 2 is 0.850 bits per heavy atom. The van der Waals surface area contributed by atoms with E-state index in [0.717, 1.165) is 6.92 Å². The Morgan fingerprint density at radius 3 is 1.00 bits per heavy atom. The first kappa shape index (κ1) is 23.3. The molecule has 2 rings (SSSR count). The fourth-order valence-corrected chi connectivity index (χ4v) is 1.13. The molecule has 0 saturated heterocycles. The van der Waals surface area contributed by atoms with Crippen LogP contribution in [0.3, 0.4) is 0 Å². The van der Waals surface area contributed by atoms with Crippen LogP contribution in [-0.2, 0) is 4.79 Å². The molecule has 0 fully saturated rings. The molecule has 0 aliphatic rings. The largest absolute Gasteiger partial charge is 0.481 e. The molecule has 0 aliphatic heterocycles. The second kappa shape index (κ2) is 19.5. The molecule has 2 nitrogen and oxygen atoms in total. The van der Waals surface area contributed by atoms with Gasteiger partial charge < -0.3 is 5.11 Å². The second-order valence-electron chi connectivity index (χ2n) is 2.87. The van der Waals surface area contributed by atoms with Gasteiger partial charge in [-0.1, -0.05) is 90.1 Å². The van der Waals surface area contributed by atoms with Gasteiger partial charge in [0.1, 0.15) is 0 Å². The average molecular weight is 278 g/mol. The van der Waals surface area contributed by atoms with Crippen molar-refractivity contribution >= 4 is 16.7 Å². The summed E-state index contributed by atoms with van der Waals surface area (Å²) in [6.45, 7) is 13.1. The Labute approximate surface area is 124 Å². The van der Waals surface area contributed by atoms with Crippen molar-refractivity contribution in [3.05, 3.63) is 48.5 Å². The predicted octanol–water partition coefficient (Wildman–Crippen LogP) is 6.01. The van der Waals surface area contributed by atoms with Gasteiger partial charge in [-0.25, -0.2) is 0 Å². The Bertz CT molecular complexity index is 353. The molecule has 114 valence electrons. The van der Waals surface area contributed by atoms with Crippen LogP contribution in [0.4, 0.5) is 0 Å². The first-order valence-electron chi connectivity index (χ1n) is 7.33. The number of aliphatic carboxylic acids is 1. The number of hydrogen-bond acceptors (Lipinski definition) is 1. The number of fused-ring (bicyclic) bond motifs is 1. The van der Waals surface area contributed by atoms with E-state index in [0.29, 0.717) is 0 Å². The van der Waals surface area contributed by atoms with Crippen LogP contribution >= 0.6 is 0 Å². The zero-order valence-corrected chi connectivity index (χ0v) is 14.0. The maximum absolute atomic E-state index is 9.00. The van der Waals surface area contributed by atoms with E-state index in [9.17, 15) is 0 Å². The molecule has 0 radical (unpaired) electrons. The van der Waals surface area contributed by atoms with Crippen LogP contribution in [0.1, 0.15) is 48.5 Å². The number of carboxylic acid groups (broad SMARTS) is 1. The molecule has 1 N–H and O–H groups in total. The second-order valence-corrected chi connectivity index (χ2v) is 2.87. The first-order valence-corrected chi connectivity index (χ1v) is 7.33. The summed E-state index contributed by atoms with van der Waals surface area (Å²) in [5.74, 6) is -0.833. The van der Waals surface area contributed by atoms with Crippen LogP contribution in [-0.4, -0.2) is 11.1 Å². The van der Waals surface area contributed by atoms with Gasteiger partial charge in [-0.05, 0) is 10.8 Å². The molecular formula is C18H30O2. The van der Waals surface area contributed by atoms with Crippen LogP contribution < -0.4 is 0 Å². The van der Waals surface area contributed by atoms with Crippen molar-refractivity contribution < 1.29 is 9.90 Å². The average Bonchev–Trinajstić information content (AvgIpc) is 2.53. The molecule has 0 aromatic heterocycles. The fraction of sp³-hybridized carbons (Fsp3) is 0.389. The van der Waals surface area contributed by atoms with Gasteiger partial charge in [0.2, 0.25) is 0 Å². The molecule has 20 heavy (non-hydrogen) atoms. The van der Waals surface area contributed by atoms with E-state index in [2.05, 4.69) is 48.5 Å². The number of benzene rings is 2. The molecule has 0 bridgehead atoms. The van der Waals surface area contributed by atoms with Crippen molar-refractivity contribution in [1.29, 1.82) is 0 Å². The summed E-state index contributed by atoms with van der Waals surface area (Å²) in [5.41, 5.74) is 0. The highest BCUT2D eigenvalue weighted by atomic mass is 16.4. The zero-order chi connectivity index (χ0) is 16.4. The molecule has 0 aliphatic carbocycles. The van der Waals surface area contributed by atoms with Crippen molar-refractivity contribution in [2.45, 2.75) is 48.5 Å². The SMILES string of the molecule is CC.CC.CC.CC(=O)O.c1ccc2ccccc2c1. The van der Waals surface area contributed by atoms with Crippen LogP contribution in [0.5, 0.6) is 0 Å². The van der Waals surface area contributed by atoms with Gasteiger partial charge in [0, 0.05) is 6.92 Å². The van der Waals surface area contributed by atoms with Gasteiger partial charge in [-0.3, -0.25) is 4.79 Å². The molecule has 0 amide bonds. The minimum absolute atomic E-state index is 0.833. The number of carboxylic acids is 1. The van der Waals surface area contributed by atoms with Crippen molar-refractivity contribution in [2.24, 2.45) is 0 Å². The summed E-state index contributed by atoms with van der Waals surface area (Å²) in [5, 5.41) is 10.0. The minimum atomic E-state index is -0.833. The van der Waals surface area contributed by atoms with Crippen molar-refractivity contribution in [2.75, 3.05) is 0 Å². The van der Waals surface area contributed by atoms with Gasteiger partial charge in [-0.15, -0.1) is 0 Å². The third kappa shape index (κ3) is 14.2. The number of carbonyl (C=O) groups is 1. The Morgan fingerprint density at radius 1 is 0.700 bits per heavy atom. The maximum Gasteiger partial charge on any atom is 0.300 e. The van der Waals surface area contributed by atoms with Crippen molar-refractivity contribution in [1.82, 2.24) is 0 Å². The van der Waals surface area contributed by atoms with Crippen molar-refractivity contribution in [3.8, 4) is 0 Å². The van der Waals surface area contributed by atoms with Crippen LogP contribution in [0, 0.1) is 0 Å². The van der Waals surface area contributed by atoms with E-state index < -0.39 is 5.97 Å².